The molecule has 1 saturated carbocycles. The van der Waals surface area contributed by atoms with E-state index in [0.717, 1.165) is 12.8 Å². The molecule has 0 unspecified atom stereocenters. The third kappa shape index (κ3) is 1.48. The van der Waals surface area contributed by atoms with Crippen LogP contribution >= 0.6 is 15.9 Å². The highest BCUT2D eigenvalue weighted by Crippen LogP contribution is 2.43. The van der Waals surface area contributed by atoms with E-state index in [1.807, 2.05) is 12.1 Å². The molecule has 0 radical (unpaired) electrons. The van der Waals surface area contributed by atoms with Crippen molar-refractivity contribution in [2.24, 2.45) is 5.73 Å². The Balaban J connectivity index is 2.36. The predicted octanol–water partition coefficient (Wildman–Crippen LogP) is 2.97. The fourth-order valence-corrected chi connectivity index (χ4v) is 2.42. The fourth-order valence-electron chi connectivity index (χ4n) is 2.04. The third-order valence-electron chi connectivity index (χ3n) is 3.23. The second kappa shape index (κ2) is 3.63. The minimum Gasteiger partial charge on any atom is -0.330 e. The molecule has 2 rings (SSSR count). The largest absolute Gasteiger partial charge is 0.330 e. The molecule has 0 saturated heterocycles. The van der Waals surface area contributed by atoms with Crippen LogP contribution in [0.3, 0.4) is 0 Å². The van der Waals surface area contributed by atoms with E-state index in [-0.39, 0.29) is 11.2 Å². The van der Waals surface area contributed by atoms with Crippen molar-refractivity contribution in [2.45, 2.75) is 24.7 Å². The molecule has 0 aliphatic heterocycles. The lowest BCUT2D eigenvalue weighted by molar-refractivity contribution is 0.252. The van der Waals surface area contributed by atoms with Crippen molar-refractivity contribution in [3.63, 3.8) is 0 Å². The quantitative estimate of drug-likeness (QED) is 0.867. The Morgan fingerprint density at radius 1 is 1.43 bits per heavy atom. The van der Waals surface area contributed by atoms with Crippen LogP contribution < -0.4 is 5.73 Å². The summed E-state index contributed by atoms with van der Waals surface area (Å²) in [5, 5.41) is 0. The first-order valence-electron chi connectivity index (χ1n) is 4.83. The smallest absolute Gasteiger partial charge is 0.137 e. The van der Waals surface area contributed by atoms with E-state index in [1.54, 1.807) is 0 Å². The maximum Gasteiger partial charge on any atom is 0.137 e. The van der Waals surface area contributed by atoms with Gasteiger partial charge in [-0.2, -0.15) is 0 Å². The number of nitrogens with two attached hydrogens (primary N) is 1. The van der Waals surface area contributed by atoms with Gasteiger partial charge in [-0.25, -0.2) is 4.39 Å². The molecule has 1 aromatic carbocycles. The fraction of sp³-hybridized carbons (Fsp3) is 0.455. The van der Waals surface area contributed by atoms with Crippen LogP contribution in [-0.2, 0) is 5.41 Å². The standard InChI is InChI=1S/C11H13BrFN/c12-9-6-8(2-3-10(9)13)11(7-14)4-1-5-11/h2-3,6H,1,4-5,7,14H2. The van der Waals surface area contributed by atoms with Crippen LogP contribution in [0.25, 0.3) is 0 Å². The van der Waals surface area contributed by atoms with Gasteiger partial charge in [0.1, 0.15) is 5.82 Å². The number of benzene rings is 1. The van der Waals surface area contributed by atoms with Gasteiger partial charge < -0.3 is 5.73 Å². The van der Waals surface area contributed by atoms with Crippen molar-refractivity contribution in [3.8, 4) is 0 Å². The highest BCUT2D eigenvalue weighted by molar-refractivity contribution is 9.10. The van der Waals surface area contributed by atoms with Gasteiger partial charge in [-0.3, -0.25) is 0 Å². The minimum atomic E-state index is -0.208. The Morgan fingerprint density at radius 3 is 2.57 bits per heavy atom. The van der Waals surface area contributed by atoms with E-state index in [2.05, 4.69) is 15.9 Å². The Kier molecular flexibility index (Phi) is 2.62. The molecule has 0 spiro atoms. The third-order valence-corrected chi connectivity index (χ3v) is 3.84. The van der Waals surface area contributed by atoms with E-state index in [4.69, 9.17) is 5.73 Å². The first-order valence-corrected chi connectivity index (χ1v) is 5.63. The number of hydrogen-bond acceptors (Lipinski definition) is 1. The van der Waals surface area contributed by atoms with E-state index >= 15 is 0 Å². The summed E-state index contributed by atoms with van der Waals surface area (Å²) >= 11 is 3.21. The van der Waals surface area contributed by atoms with E-state index < -0.39 is 0 Å². The van der Waals surface area contributed by atoms with E-state index in [0.29, 0.717) is 11.0 Å². The van der Waals surface area contributed by atoms with Crippen molar-refractivity contribution in [2.75, 3.05) is 6.54 Å². The molecule has 1 nitrogen and oxygen atoms in total. The van der Waals surface area contributed by atoms with Crippen molar-refractivity contribution in [1.82, 2.24) is 0 Å². The maximum atomic E-state index is 13.0. The molecule has 3 heteroatoms. The summed E-state index contributed by atoms with van der Waals surface area (Å²) in [4.78, 5) is 0. The van der Waals surface area contributed by atoms with Gasteiger partial charge in [0.2, 0.25) is 0 Å². The molecule has 1 aromatic rings. The summed E-state index contributed by atoms with van der Waals surface area (Å²) in [6.45, 7) is 0.658. The monoisotopic (exact) mass is 257 g/mol. The minimum absolute atomic E-state index is 0.121. The molecule has 14 heavy (non-hydrogen) atoms. The van der Waals surface area contributed by atoms with Gasteiger partial charge >= 0.3 is 0 Å². The average molecular weight is 258 g/mol. The molecule has 0 aromatic heterocycles. The summed E-state index contributed by atoms with van der Waals surface area (Å²) in [6.07, 6.45) is 3.48. The lowest BCUT2D eigenvalue weighted by Gasteiger charge is -2.41. The molecular formula is C11H13BrFN. The molecule has 1 fully saturated rings. The lowest BCUT2D eigenvalue weighted by Crippen LogP contribution is -2.41. The molecule has 2 N–H and O–H groups in total. The summed E-state index contributed by atoms with van der Waals surface area (Å²) < 4.78 is 13.6. The zero-order valence-electron chi connectivity index (χ0n) is 7.89. The van der Waals surface area contributed by atoms with Crippen molar-refractivity contribution >= 4 is 15.9 Å². The van der Waals surface area contributed by atoms with Crippen LogP contribution in [0.1, 0.15) is 24.8 Å². The highest BCUT2D eigenvalue weighted by Gasteiger charge is 2.37. The number of halogens is 2. The van der Waals surface area contributed by atoms with Crippen LogP contribution in [-0.4, -0.2) is 6.54 Å². The average Bonchev–Trinajstić information content (AvgIpc) is 2.10. The molecule has 1 aliphatic rings. The zero-order valence-corrected chi connectivity index (χ0v) is 9.48. The number of rotatable bonds is 2. The van der Waals surface area contributed by atoms with Crippen LogP contribution in [0.2, 0.25) is 0 Å². The van der Waals surface area contributed by atoms with Gasteiger partial charge in [-0.1, -0.05) is 12.5 Å². The van der Waals surface area contributed by atoms with Crippen LogP contribution in [0, 0.1) is 5.82 Å². The van der Waals surface area contributed by atoms with Crippen LogP contribution in [0.15, 0.2) is 22.7 Å². The van der Waals surface area contributed by atoms with Gasteiger partial charge in [0.15, 0.2) is 0 Å². The topological polar surface area (TPSA) is 26.0 Å². The lowest BCUT2D eigenvalue weighted by atomic mass is 9.64. The predicted molar refractivity (Wildman–Crippen MR) is 58.7 cm³/mol. The summed E-state index contributed by atoms with van der Waals surface area (Å²) in [7, 11) is 0. The number of hydrogen-bond donors (Lipinski definition) is 1. The van der Waals surface area contributed by atoms with Crippen molar-refractivity contribution < 1.29 is 4.39 Å². The van der Waals surface area contributed by atoms with Crippen LogP contribution in [0.5, 0.6) is 0 Å². The van der Waals surface area contributed by atoms with Crippen molar-refractivity contribution in [1.29, 1.82) is 0 Å². The van der Waals surface area contributed by atoms with Gasteiger partial charge in [-0.15, -0.1) is 0 Å². The molecule has 76 valence electrons. The molecule has 0 bridgehead atoms. The second-order valence-electron chi connectivity index (χ2n) is 3.97. The molecule has 0 atom stereocenters. The zero-order chi connectivity index (χ0) is 10.2. The summed E-state index contributed by atoms with van der Waals surface area (Å²) in [5.41, 5.74) is 7.07. The first-order chi connectivity index (χ1) is 6.68. The SMILES string of the molecule is NCC1(c2ccc(F)c(Br)c2)CCC1. The first kappa shape index (κ1) is 10.1. The molecule has 0 heterocycles. The Bertz CT molecular complexity index is 342. The van der Waals surface area contributed by atoms with E-state index in [1.165, 1.54) is 18.1 Å². The van der Waals surface area contributed by atoms with Crippen LogP contribution in [0.4, 0.5) is 4.39 Å². The maximum absolute atomic E-state index is 13.0. The highest BCUT2D eigenvalue weighted by atomic mass is 79.9. The van der Waals surface area contributed by atoms with Gasteiger partial charge in [0.05, 0.1) is 4.47 Å². The Hall–Kier alpha value is -0.410. The van der Waals surface area contributed by atoms with Gasteiger partial charge in [0, 0.05) is 12.0 Å². The normalized spacial score (nSPS) is 19.1. The van der Waals surface area contributed by atoms with Gasteiger partial charge in [-0.05, 0) is 46.5 Å². The second-order valence-corrected chi connectivity index (χ2v) is 4.82. The molecule has 1 aliphatic carbocycles. The molecule has 0 amide bonds. The Labute approximate surface area is 91.6 Å². The Morgan fingerprint density at radius 2 is 2.14 bits per heavy atom. The van der Waals surface area contributed by atoms with Gasteiger partial charge in [0.25, 0.3) is 0 Å². The summed E-state index contributed by atoms with van der Waals surface area (Å²) in [6, 6.07) is 5.22. The summed E-state index contributed by atoms with van der Waals surface area (Å²) in [5.74, 6) is -0.208. The molecular weight excluding hydrogens is 245 g/mol. The van der Waals surface area contributed by atoms with Crippen molar-refractivity contribution in [3.05, 3.63) is 34.1 Å². The van der Waals surface area contributed by atoms with E-state index in [9.17, 15) is 4.39 Å².